The molecule has 0 radical (unpaired) electrons. The summed E-state index contributed by atoms with van der Waals surface area (Å²) in [5.41, 5.74) is 17.3. The number of benzene rings is 8. The Labute approximate surface area is 331 Å². The van der Waals surface area contributed by atoms with Gasteiger partial charge in [0.2, 0.25) is 0 Å². The molecule has 2 heterocycles. The Bertz CT molecular complexity index is 3130. The Hall–Kier alpha value is -7.36. The summed E-state index contributed by atoms with van der Waals surface area (Å²) >= 11 is 0. The van der Waals surface area contributed by atoms with E-state index in [1.54, 1.807) is 0 Å². The zero-order valence-corrected chi connectivity index (χ0v) is 31.4. The molecule has 0 bridgehead atoms. The van der Waals surface area contributed by atoms with Crippen molar-refractivity contribution in [2.24, 2.45) is 0 Å². The Morgan fingerprint density at radius 3 is 1.86 bits per heavy atom. The van der Waals surface area contributed by atoms with E-state index in [0.29, 0.717) is 5.82 Å². The van der Waals surface area contributed by atoms with Gasteiger partial charge in [-0.15, -0.1) is 0 Å². The minimum absolute atomic E-state index is 0.299. The highest BCUT2D eigenvalue weighted by Gasteiger charge is 2.41. The van der Waals surface area contributed by atoms with E-state index in [0.717, 1.165) is 72.3 Å². The molecule has 1 atom stereocenters. The Morgan fingerprint density at radius 1 is 0.404 bits per heavy atom. The molecule has 3 heteroatoms. The van der Waals surface area contributed by atoms with Crippen LogP contribution in [0.3, 0.4) is 0 Å². The van der Waals surface area contributed by atoms with Crippen LogP contribution < -0.4 is 0 Å². The van der Waals surface area contributed by atoms with E-state index < -0.39 is 0 Å². The maximum Gasteiger partial charge on any atom is 0.160 e. The molecule has 0 saturated heterocycles. The summed E-state index contributed by atoms with van der Waals surface area (Å²) in [5.74, 6) is 0.703. The van der Waals surface area contributed by atoms with Crippen molar-refractivity contribution in [3.63, 3.8) is 0 Å². The normalized spacial score (nSPS) is 14.5. The molecule has 1 unspecified atom stereocenters. The van der Waals surface area contributed by atoms with Gasteiger partial charge in [-0.05, 0) is 69.6 Å². The first kappa shape index (κ1) is 33.0. The van der Waals surface area contributed by atoms with Crippen molar-refractivity contribution in [2.45, 2.75) is 12.3 Å². The number of aromatic nitrogens is 2. The zero-order valence-electron chi connectivity index (χ0n) is 31.4. The van der Waals surface area contributed by atoms with Crippen LogP contribution in [0.4, 0.5) is 0 Å². The van der Waals surface area contributed by atoms with E-state index in [1.807, 2.05) is 30.3 Å². The van der Waals surface area contributed by atoms with Crippen LogP contribution in [0.15, 0.2) is 205 Å². The summed E-state index contributed by atoms with van der Waals surface area (Å²) in [7, 11) is 0. The molecule has 1 aliphatic carbocycles. The van der Waals surface area contributed by atoms with Gasteiger partial charge in [-0.3, -0.25) is 0 Å². The van der Waals surface area contributed by atoms with Gasteiger partial charge in [0.15, 0.2) is 5.82 Å². The summed E-state index contributed by atoms with van der Waals surface area (Å²) in [5, 5.41) is 2.27. The molecule has 2 aromatic heterocycles. The Balaban J connectivity index is 1.01. The van der Waals surface area contributed by atoms with E-state index in [1.165, 1.54) is 27.8 Å². The van der Waals surface area contributed by atoms with Crippen molar-refractivity contribution in [1.29, 1.82) is 0 Å². The molecule has 0 saturated carbocycles. The van der Waals surface area contributed by atoms with Gasteiger partial charge in [0.1, 0.15) is 11.2 Å². The van der Waals surface area contributed by atoms with Gasteiger partial charge >= 0.3 is 0 Å². The fourth-order valence-electron chi connectivity index (χ4n) is 8.96. The molecule has 10 aromatic rings. The van der Waals surface area contributed by atoms with Crippen LogP contribution in [0.1, 0.15) is 23.6 Å². The van der Waals surface area contributed by atoms with Crippen LogP contribution >= 0.6 is 0 Å². The number of nitrogens with zero attached hydrogens (tertiary/aromatic N) is 2. The van der Waals surface area contributed by atoms with Gasteiger partial charge in [-0.1, -0.05) is 182 Å². The SMILES string of the molecule is CC1(c2ccccc2)c2ccccc2-c2c(-c3cc(-c4ccc(-c5cccc(-c6cccc7c6oc6ccccc67)c5)cc4)nc(-c4ccccc4)n3)cccc21. The van der Waals surface area contributed by atoms with Crippen LogP contribution in [-0.4, -0.2) is 9.97 Å². The van der Waals surface area contributed by atoms with E-state index >= 15 is 0 Å². The average molecular weight is 729 g/mol. The highest BCUT2D eigenvalue weighted by molar-refractivity contribution is 6.09. The fourth-order valence-corrected chi connectivity index (χ4v) is 8.96. The first-order valence-electron chi connectivity index (χ1n) is 19.5. The third kappa shape index (κ3) is 5.35. The second kappa shape index (κ2) is 13.1. The summed E-state index contributed by atoms with van der Waals surface area (Å²) in [4.78, 5) is 10.5. The van der Waals surface area contributed by atoms with Gasteiger partial charge in [0.25, 0.3) is 0 Å². The molecular formula is C54H36N2O. The van der Waals surface area contributed by atoms with Gasteiger partial charge in [0.05, 0.1) is 11.4 Å². The first-order valence-corrected chi connectivity index (χ1v) is 19.5. The maximum absolute atomic E-state index is 6.39. The number of furan rings is 1. The molecule has 57 heavy (non-hydrogen) atoms. The topological polar surface area (TPSA) is 38.9 Å². The molecular weight excluding hydrogens is 693 g/mol. The predicted octanol–water partition coefficient (Wildman–Crippen LogP) is 14.0. The number of hydrogen-bond acceptors (Lipinski definition) is 3. The number of para-hydroxylation sites is 2. The van der Waals surface area contributed by atoms with E-state index in [9.17, 15) is 0 Å². The number of fused-ring (bicyclic) bond motifs is 6. The second-order valence-electron chi connectivity index (χ2n) is 15.0. The van der Waals surface area contributed by atoms with Crippen LogP contribution in [0.5, 0.6) is 0 Å². The largest absolute Gasteiger partial charge is 0.455 e. The molecule has 1 aliphatic rings. The zero-order chi connectivity index (χ0) is 37.9. The monoisotopic (exact) mass is 728 g/mol. The molecule has 268 valence electrons. The van der Waals surface area contributed by atoms with Crippen molar-refractivity contribution in [1.82, 2.24) is 9.97 Å². The lowest BCUT2D eigenvalue weighted by atomic mass is 9.74. The van der Waals surface area contributed by atoms with Gasteiger partial charge < -0.3 is 4.42 Å². The number of rotatable bonds is 6. The van der Waals surface area contributed by atoms with Crippen molar-refractivity contribution in [3.05, 3.63) is 217 Å². The molecule has 0 fully saturated rings. The lowest BCUT2D eigenvalue weighted by Gasteiger charge is -2.28. The van der Waals surface area contributed by atoms with Crippen LogP contribution in [-0.2, 0) is 5.41 Å². The smallest absolute Gasteiger partial charge is 0.160 e. The summed E-state index contributed by atoms with van der Waals surface area (Å²) in [6.45, 7) is 2.36. The molecule has 0 amide bonds. The molecule has 0 aliphatic heterocycles. The molecule has 0 N–H and O–H groups in total. The molecule has 0 spiro atoms. The third-order valence-electron chi connectivity index (χ3n) is 11.8. The van der Waals surface area contributed by atoms with Gasteiger partial charge in [0, 0.05) is 38.4 Å². The summed E-state index contributed by atoms with van der Waals surface area (Å²) in [6, 6.07) is 71.0. The quantitative estimate of drug-likeness (QED) is 0.171. The van der Waals surface area contributed by atoms with Crippen LogP contribution in [0.25, 0.3) is 89.2 Å². The minimum Gasteiger partial charge on any atom is -0.455 e. The average Bonchev–Trinajstić information content (AvgIpc) is 3.80. The van der Waals surface area contributed by atoms with E-state index in [4.69, 9.17) is 14.4 Å². The van der Waals surface area contributed by atoms with E-state index in [2.05, 4.69) is 177 Å². The molecule has 3 nitrogen and oxygen atoms in total. The van der Waals surface area contributed by atoms with Crippen molar-refractivity contribution >= 4 is 21.9 Å². The lowest BCUT2D eigenvalue weighted by molar-refractivity contribution is 0.670. The van der Waals surface area contributed by atoms with Gasteiger partial charge in [-0.25, -0.2) is 9.97 Å². The highest BCUT2D eigenvalue weighted by atomic mass is 16.3. The minimum atomic E-state index is -0.299. The maximum atomic E-state index is 6.39. The predicted molar refractivity (Wildman–Crippen MR) is 234 cm³/mol. The van der Waals surface area contributed by atoms with Crippen molar-refractivity contribution < 1.29 is 4.42 Å². The lowest BCUT2D eigenvalue weighted by Crippen LogP contribution is -2.22. The number of hydrogen-bond donors (Lipinski definition) is 0. The fraction of sp³-hybridized carbons (Fsp3) is 0.0370. The summed E-state index contributed by atoms with van der Waals surface area (Å²) in [6.07, 6.45) is 0. The third-order valence-corrected chi connectivity index (χ3v) is 11.8. The summed E-state index contributed by atoms with van der Waals surface area (Å²) < 4.78 is 6.39. The van der Waals surface area contributed by atoms with E-state index in [-0.39, 0.29) is 5.41 Å². The Morgan fingerprint density at radius 2 is 1.00 bits per heavy atom. The second-order valence-corrected chi connectivity index (χ2v) is 15.0. The molecule has 11 rings (SSSR count). The standard InChI is InChI=1S/C54H36N2O/c1-54(40-19-6-3-7-20-40)46-26-10-8-22-44(46)51-45(25-14-27-47(51)54)49-34-48(55-53(56-49)37-15-4-2-5-16-37)36-31-29-35(30-32-36)38-17-12-18-39(33-38)41-23-13-24-43-42-21-9-11-28-50(42)57-52(41)43/h2-34H,1H3. The van der Waals surface area contributed by atoms with Crippen molar-refractivity contribution in [2.75, 3.05) is 0 Å². The van der Waals surface area contributed by atoms with Gasteiger partial charge in [-0.2, -0.15) is 0 Å². The van der Waals surface area contributed by atoms with Crippen LogP contribution in [0.2, 0.25) is 0 Å². The molecule has 8 aromatic carbocycles. The highest BCUT2D eigenvalue weighted by Crippen LogP contribution is 2.55. The Kier molecular flexibility index (Phi) is 7.61. The van der Waals surface area contributed by atoms with Crippen LogP contribution in [0, 0.1) is 0 Å². The van der Waals surface area contributed by atoms with Crippen molar-refractivity contribution in [3.8, 4) is 67.3 Å². The first-order chi connectivity index (χ1) is 28.1.